The fourth-order valence-corrected chi connectivity index (χ4v) is 2.23. The third-order valence-electron chi connectivity index (χ3n) is 3.16. The van der Waals surface area contributed by atoms with Crippen LogP contribution < -0.4 is 4.74 Å². The Morgan fingerprint density at radius 3 is 2.65 bits per heavy atom. The standard InChI is InChI=1S/C13H17NO3/c1-10-7-8-13(12(9-10)14(15)16)17-11-5-3-2-4-6-11/h7-9,11H,2-6H2,1H3. The molecule has 92 valence electrons. The Bertz CT molecular complexity index is 411. The first kappa shape index (κ1) is 11.9. The number of nitro groups is 1. The largest absolute Gasteiger partial charge is 0.484 e. The van der Waals surface area contributed by atoms with Crippen LogP contribution in [0.1, 0.15) is 37.7 Å². The zero-order chi connectivity index (χ0) is 12.3. The van der Waals surface area contributed by atoms with Gasteiger partial charge < -0.3 is 4.74 Å². The topological polar surface area (TPSA) is 52.4 Å². The van der Waals surface area contributed by atoms with Crippen molar-refractivity contribution in [2.24, 2.45) is 0 Å². The molecule has 4 nitrogen and oxygen atoms in total. The van der Waals surface area contributed by atoms with Crippen molar-refractivity contribution in [3.8, 4) is 5.75 Å². The van der Waals surface area contributed by atoms with Gasteiger partial charge in [0.25, 0.3) is 0 Å². The average molecular weight is 235 g/mol. The second-order valence-corrected chi connectivity index (χ2v) is 4.61. The molecule has 0 radical (unpaired) electrons. The highest BCUT2D eigenvalue weighted by Crippen LogP contribution is 2.31. The second-order valence-electron chi connectivity index (χ2n) is 4.61. The van der Waals surface area contributed by atoms with Crippen LogP contribution in [-0.4, -0.2) is 11.0 Å². The molecule has 0 bridgehead atoms. The molecule has 1 saturated carbocycles. The molecule has 1 fully saturated rings. The van der Waals surface area contributed by atoms with Crippen LogP contribution >= 0.6 is 0 Å². The number of benzene rings is 1. The highest BCUT2D eigenvalue weighted by Gasteiger charge is 2.20. The zero-order valence-electron chi connectivity index (χ0n) is 10.0. The van der Waals surface area contributed by atoms with Crippen molar-refractivity contribution >= 4 is 5.69 Å². The Morgan fingerprint density at radius 1 is 1.29 bits per heavy atom. The van der Waals surface area contributed by atoms with Gasteiger partial charge in [-0.15, -0.1) is 0 Å². The number of rotatable bonds is 3. The van der Waals surface area contributed by atoms with Crippen LogP contribution in [0.15, 0.2) is 18.2 Å². The van der Waals surface area contributed by atoms with Crippen LogP contribution in [0, 0.1) is 17.0 Å². The first-order valence-corrected chi connectivity index (χ1v) is 6.08. The number of ether oxygens (including phenoxy) is 1. The predicted octanol–water partition coefficient (Wildman–Crippen LogP) is 3.61. The lowest BCUT2D eigenvalue weighted by atomic mass is 9.98. The van der Waals surface area contributed by atoms with Gasteiger partial charge in [-0.1, -0.05) is 12.5 Å². The molecular weight excluding hydrogens is 218 g/mol. The van der Waals surface area contributed by atoms with Gasteiger partial charge in [0.1, 0.15) is 0 Å². The summed E-state index contributed by atoms with van der Waals surface area (Å²) in [6.07, 6.45) is 5.71. The van der Waals surface area contributed by atoms with E-state index < -0.39 is 0 Å². The highest BCUT2D eigenvalue weighted by atomic mass is 16.6. The summed E-state index contributed by atoms with van der Waals surface area (Å²) in [6, 6.07) is 5.13. The predicted molar refractivity (Wildman–Crippen MR) is 65.3 cm³/mol. The Balaban J connectivity index is 2.16. The van der Waals surface area contributed by atoms with Gasteiger partial charge in [-0.05, 0) is 44.2 Å². The van der Waals surface area contributed by atoms with Crippen molar-refractivity contribution in [3.05, 3.63) is 33.9 Å². The molecule has 0 amide bonds. The molecular formula is C13H17NO3. The SMILES string of the molecule is Cc1ccc(OC2CCCCC2)c([N+](=O)[O-])c1. The van der Waals surface area contributed by atoms with Crippen LogP contribution in [0.25, 0.3) is 0 Å². The summed E-state index contributed by atoms with van der Waals surface area (Å²) < 4.78 is 5.76. The molecule has 17 heavy (non-hydrogen) atoms. The van der Waals surface area contributed by atoms with Crippen molar-refractivity contribution in [2.75, 3.05) is 0 Å². The molecule has 0 aromatic heterocycles. The molecule has 1 aromatic rings. The van der Waals surface area contributed by atoms with E-state index in [1.807, 2.05) is 13.0 Å². The van der Waals surface area contributed by atoms with Crippen LogP contribution in [0.4, 0.5) is 5.69 Å². The molecule has 0 aliphatic heterocycles. The van der Waals surface area contributed by atoms with E-state index in [2.05, 4.69) is 0 Å². The Hall–Kier alpha value is -1.58. The van der Waals surface area contributed by atoms with E-state index in [-0.39, 0.29) is 16.7 Å². The first-order chi connectivity index (χ1) is 8.16. The Labute approximate surface area is 101 Å². The van der Waals surface area contributed by atoms with Gasteiger partial charge in [-0.25, -0.2) is 0 Å². The van der Waals surface area contributed by atoms with Crippen LogP contribution in [0.5, 0.6) is 5.75 Å². The molecule has 0 unspecified atom stereocenters. The monoisotopic (exact) mass is 235 g/mol. The van der Waals surface area contributed by atoms with Crippen molar-refractivity contribution in [2.45, 2.75) is 45.1 Å². The van der Waals surface area contributed by atoms with E-state index in [4.69, 9.17) is 4.74 Å². The normalized spacial score (nSPS) is 16.8. The average Bonchev–Trinajstić information content (AvgIpc) is 2.32. The van der Waals surface area contributed by atoms with E-state index >= 15 is 0 Å². The molecule has 4 heteroatoms. The molecule has 1 aromatic carbocycles. The third-order valence-corrected chi connectivity index (χ3v) is 3.16. The van der Waals surface area contributed by atoms with Crippen LogP contribution in [0.3, 0.4) is 0 Å². The number of hydrogen-bond acceptors (Lipinski definition) is 3. The quantitative estimate of drug-likeness (QED) is 0.594. The number of aryl methyl sites for hydroxylation is 1. The minimum Gasteiger partial charge on any atom is -0.484 e. The maximum absolute atomic E-state index is 10.9. The Morgan fingerprint density at radius 2 is 2.00 bits per heavy atom. The lowest BCUT2D eigenvalue weighted by molar-refractivity contribution is -0.386. The summed E-state index contributed by atoms with van der Waals surface area (Å²) in [5.74, 6) is 0.410. The number of nitro benzene ring substituents is 1. The van der Waals surface area contributed by atoms with E-state index in [0.29, 0.717) is 5.75 Å². The lowest BCUT2D eigenvalue weighted by Crippen LogP contribution is -2.20. The minimum absolute atomic E-state index is 0.0792. The summed E-state index contributed by atoms with van der Waals surface area (Å²) in [4.78, 5) is 10.6. The minimum atomic E-state index is -0.370. The fraction of sp³-hybridized carbons (Fsp3) is 0.538. The Kier molecular flexibility index (Phi) is 3.61. The first-order valence-electron chi connectivity index (χ1n) is 6.08. The summed E-state index contributed by atoms with van der Waals surface area (Å²) in [5, 5.41) is 10.9. The van der Waals surface area contributed by atoms with Gasteiger partial charge in [0, 0.05) is 6.07 Å². The van der Waals surface area contributed by atoms with Crippen molar-refractivity contribution in [1.82, 2.24) is 0 Å². The van der Waals surface area contributed by atoms with Gasteiger partial charge in [0.05, 0.1) is 11.0 Å². The summed E-state index contributed by atoms with van der Waals surface area (Å²) in [6.45, 7) is 1.84. The molecule has 1 aliphatic carbocycles. The van der Waals surface area contributed by atoms with Crippen LogP contribution in [0.2, 0.25) is 0 Å². The second kappa shape index (κ2) is 5.17. The van der Waals surface area contributed by atoms with Crippen molar-refractivity contribution < 1.29 is 9.66 Å². The smallest absolute Gasteiger partial charge is 0.311 e. The zero-order valence-corrected chi connectivity index (χ0v) is 10.0. The third kappa shape index (κ3) is 2.96. The van der Waals surface area contributed by atoms with Gasteiger partial charge >= 0.3 is 5.69 Å². The fourth-order valence-electron chi connectivity index (χ4n) is 2.23. The van der Waals surface area contributed by atoms with Gasteiger partial charge in [-0.2, -0.15) is 0 Å². The van der Waals surface area contributed by atoms with E-state index in [1.54, 1.807) is 12.1 Å². The number of hydrogen-bond donors (Lipinski definition) is 0. The molecule has 0 heterocycles. The summed E-state index contributed by atoms with van der Waals surface area (Å²) in [7, 11) is 0. The van der Waals surface area contributed by atoms with Gasteiger partial charge in [0.2, 0.25) is 0 Å². The molecule has 0 N–H and O–H groups in total. The highest BCUT2D eigenvalue weighted by molar-refractivity contribution is 5.48. The number of nitrogens with zero attached hydrogens (tertiary/aromatic N) is 1. The van der Waals surface area contributed by atoms with Crippen molar-refractivity contribution in [1.29, 1.82) is 0 Å². The molecule has 2 rings (SSSR count). The van der Waals surface area contributed by atoms with E-state index in [9.17, 15) is 10.1 Å². The maximum atomic E-state index is 10.9. The van der Waals surface area contributed by atoms with Crippen LogP contribution in [-0.2, 0) is 0 Å². The van der Waals surface area contributed by atoms with Crippen molar-refractivity contribution in [3.63, 3.8) is 0 Å². The molecule has 0 atom stereocenters. The lowest BCUT2D eigenvalue weighted by Gasteiger charge is -2.22. The summed E-state index contributed by atoms with van der Waals surface area (Å²) >= 11 is 0. The van der Waals surface area contributed by atoms with E-state index in [1.165, 1.54) is 6.42 Å². The van der Waals surface area contributed by atoms with E-state index in [0.717, 1.165) is 31.2 Å². The maximum Gasteiger partial charge on any atom is 0.311 e. The van der Waals surface area contributed by atoms with Gasteiger partial charge in [0.15, 0.2) is 5.75 Å². The molecule has 0 spiro atoms. The summed E-state index contributed by atoms with van der Waals surface area (Å²) in [5.41, 5.74) is 0.961. The molecule has 0 saturated heterocycles. The molecule has 1 aliphatic rings. The van der Waals surface area contributed by atoms with Gasteiger partial charge in [-0.3, -0.25) is 10.1 Å².